The van der Waals surface area contributed by atoms with Crippen molar-refractivity contribution < 1.29 is 23.1 Å². The number of hydrogen-bond donors (Lipinski definition) is 1. The van der Waals surface area contributed by atoms with Crippen molar-refractivity contribution in [2.75, 3.05) is 13.2 Å². The molecular formula is C14H17O6P. The molecule has 1 aromatic heterocycles. The van der Waals surface area contributed by atoms with Gasteiger partial charge in [0.05, 0.1) is 19.4 Å². The molecule has 0 bridgehead atoms. The lowest BCUT2D eigenvalue weighted by Crippen LogP contribution is -2.04. The summed E-state index contributed by atoms with van der Waals surface area (Å²) in [6, 6.07) is 5.60. The molecule has 0 aliphatic rings. The highest BCUT2D eigenvalue weighted by atomic mass is 31.2. The highest BCUT2D eigenvalue weighted by Gasteiger charge is 2.25. The highest BCUT2D eigenvalue weighted by molar-refractivity contribution is 7.53. The topological polar surface area (TPSA) is 86.0 Å². The zero-order valence-electron chi connectivity index (χ0n) is 11.9. The Morgan fingerprint density at radius 3 is 2.48 bits per heavy atom. The normalized spacial score (nSPS) is 11.9. The van der Waals surface area contributed by atoms with Crippen molar-refractivity contribution >= 4 is 18.6 Å². The van der Waals surface area contributed by atoms with Crippen LogP contribution in [0.25, 0.3) is 11.0 Å². The van der Waals surface area contributed by atoms with Crippen molar-refractivity contribution in [1.82, 2.24) is 0 Å². The van der Waals surface area contributed by atoms with Gasteiger partial charge in [0.2, 0.25) is 0 Å². The predicted octanol–water partition coefficient (Wildman–Crippen LogP) is 3.26. The molecule has 0 aliphatic heterocycles. The Labute approximate surface area is 121 Å². The molecule has 0 amide bonds. The summed E-state index contributed by atoms with van der Waals surface area (Å²) in [5.74, 6) is 0.0280. The van der Waals surface area contributed by atoms with Crippen molar-refractivity contribution in [2.45, 2.75) is 20.0 Å². The number of aromatic hydroxyl groups is 1. The molecular weight excluding hydrogens is 295 g/mol. The summed E-state index contributed by atoms with van der Waals surface area (Å²) in [4.78, 5) is 11.6. The smallest absolute Gasteiger partial charge is 0.336 e. The van der Waals surface area contributed by atoms with Gasteiger partial charge in [0.1, 0.15) is 11.3 Å². The van der Waals surface area contributed by atoms with E-state index in [0.29, 0.717) is 16.5 Å². The van der Waals surface area contributed by atoms with Gasteiger partial charge >= 0.3 is 13.2 Å². The quantitative estimate of drug-likeness (QED) is 0.651. The average molecular weight is 312 g/mol. The Bertz CT molecular complexity index is 726. The number of phenolic OH excluding ortho intramolecular Hbond substituents is 1. The van der Waals surface area contributed by atoms with Gasteiger partial charge in [-0.25, -0.2) is 4.79 Å². The van der Waals surface area contributed by atoms with E-state index in [1.54, 1.807) is 13.8 Å². The summed E-state index contributed by atoms with van der Waals surface area (Å²) in [6.45, 7) is 3.91. The molecule has 0 spiro atoms. The Morgan fingerprint density at radius 1 is 1.19 bits per heavy atom. The van der Waals surface area contributed by atoms with Gasteiger partial charge in [-0.2, -0.15) is 0 Å². The van der Waals surface area contributed by atoms with Gasteiger partial charge in [0.15, 0.2) is 0 Å². The van der Waals surface area contributed by atoms with Gasteiger partial charge in [0.25, 0.3) is 0 Å². The molecule has 0 atom stereocenters. The van der Waals surface area contributed by atoms with Crippen molar-refractivity contribution in [3.63, 3.8) is 0 Å². The first-order valence-corrected chi connectivity index (χ1v) is 8.34. The van der Waals surface area contributed by atoms with Gasteiger partial charge in [-0.1, -0.05) is 0 Å². The number of fused-ring (bicyclic) bond motifs is 1. The molecule has 0 fully saturated rings. The van der Waals surface area contributed by atoms with Crippen LogP contribution in [0.2, 0.25) is 0 Å². The van der Waals surface area contributed by atoms with Crippen molar-refractivity contribution in [3.8, 4) is 5.75 Å². The van der Waals surface area contributed by atoms with E-state index in [0.717, 1.165) is 0 Å². The molecule has 1 heterocycles. The lowest BCUT2D eigenvalue weighted by Gasteiger charge is -2.17. The van der Waals surface area contributed by atoms with Crippen molar-refractivity contribution in [3.05, 3.63) is 40.2 Å². The predicted molar refractivity (Wildman–Crippen MR) is 78.7 cm³/mol. The maximum atomic E-state index is 12.6. The van der Waals surface area contributed by atoms with Crippen molar-refractivity contribution in [2.24, 2.45) is 0 Å². The monoisotopic (exact) mass is 312 g/mol. The van der Waals surface area contributed by atoms with E-state index in [-0.39, 0.29) is 25.1 Å². The second-order valence-electron chi connectivity index (χ2n) is 4.38. The van der Waals surface area contributed by atoms with E-state index in [1.165, 1.54) is 24.3 Å². The highest BCUT2D eigenvalue weighted by Crippen LogP contribution is 2.51. The van der Waals surface area contributed by atoms with E-state index in [4.69, 9.17) is 13.5 Å². The molecule has 2 aromatic rings. The maximum absolute atomic E-state index is 12.6. The first-order valence-electron chi connectivity index (χ1n) is 6.61. The van der Waals surface area contributed by atoms with E-state index in [1.807, 2.05) is 0 Å². The molecule has 21 heavy (non-hydrogen) atoms. The zero-order valence-corrected chi connectivity index (χ0v) is 12.8. The standard InChI is InChI=1S/C14H17O6P/c1-3-18-21(17,19-4-2)9-10-7-14(16)20-13-6-5-11(15)8-12(10)13/h5-8,15H,3-4,9H2,1-2H3. The number of hydrogen-bond acceptors (Lipinski definition) is 6. The lowest BCUT2D eigenvalue weighted by molar-refractivity contribution is 0.219. The summed E-state index contributed by atoms with van der Waals surface area (Å²) >= 11 is 0. The molecule has 1 N–H and O–H groups in total. The number of rotatable bonds is 6. The van der Waals surface area contributed by atoms with Crippen LogP contribution in [0.5, 0.6) is 5.75 Å². The van der Waals surface area contributed by atoms with Gasteiger partial charge in [-0.3, -0.25) is 4.57 Å². The van der Waals surface area contributed by atoms with Crippen LogP contribution < -0.4 is 5.63 Å². The number of phenols is 1. The maximum Gasteiger partial charge on any atom is 0.336 e. The summed E-state index contributed by atoms with van der Waals surface area (Å²) < 4.78 is 28.1. The molecule has 6 nitrogen and oxygen atoms in total. The first-order chi connectivity index (χ1) is 9.97. The Balaban J connectivity index is 2.52. The minimum absolute atomic E-state index is 0.0280. The molecule has 0 radical (unpaired) electrons. The molecule has 2 rings (SSSR count). The molecule has 0 saturated heterocycles. The van der Waals surface area contributed by atoms with E-state index in [9.17, 15) is 14.5 Å². The first kappa shape index (κ1) is 15.8. The van der Waals surface area contributed by atoms with Gasteiger partial charge in [-0.15, -0.1) is 0 Å². The molecule has 0 aliphatic carbocycles. The fourth-order valence-electron chi connectivity index (χ4n) is 2.08. The molecule has 1 aromatic carbocycles. The molecule has 114 valence electrons. The van der Waals surface area contributed by atoms with Crippen LogP contribution in [0.15, 0.2) is 33.5 Å². The minimum atomic E-state index is -3.34. The third-order valence-electron chi connectivity index (χ3n) is 2.83. The second-order valence-corrected chi connectivity index (χ2v) is 6.43. The fourth-order valence-corrected chi connectivity index (χ4v) is 3.80. The molecule has 0 saturated carbocycles. The van der Waals surface area contributed by atoms with Crippen LogP contribution in [0.4, 0.5) is 0 Å². The lowest BCUT2D eigenvalue weighted by atomic mass is 10.1. The average Bonchev–Trinajstić information content (AvgIpc) is 2.40. The fraction of sp³-hybridized carbons (Fsp3) is 0.357. The Kier molecular flexibility index (Phi) is 4.83. The van der Waals surface area contributed by atoms with E-state index in [2.05, 4.69) is 0 Å². The summed E-state index contributed by atoms with van der Waals surface area (Å²) in [5.41, 5.74) is 0.222. The van der Waals surface area contributed by atoms with Crippen LogP contribution >= 0.6 is 7.60 Å². The van der Waals surface area contributed by atoms with Gasteiger partial charge in [0, 0.05) is 11.5 Å². The van der Waals surface area contributed by atoms with E-state index >= 15 is 0 Å². The Hall–Kier alpha value is -1.62. The van der Waals surface area contributed by atoms with Gasteiger partial charge < -0.3 is 18.6 Å². The van der Waals surface area contributed by atoms with Crippen LogP contribution in [0, 0.1) is 0 Å². The third kappa shape index (κ3) is 3.73. The molecule has 7 heteroatoms. The summed E-state index contributed by atoms with van der Waals surface area (Å²) in [6.07, 6.45) is -0.0553. The largest absolute Gasteiger partial charge is 0.508 e. The number of benzene rings is 1. The van der Waals surface area contributed by atoms with Gasteiger partial charge in [-0.05, 0) is 37.6 Å². The Morgan fingerprint density at radius 2 is 1.86 bits per heavy atom. The minimum Gasteiger partial charge on any atom is -0.508 e. The van der Waals surface area contributed by atoms with E-state index < -0.39 is 13.2 Å². The zero-order chi connectivity index (χ0) is 15.5. The summed E-state index contributed by atoms with van der Waals surface area (Å²) in [7, 11) is -3.34. The van der Waals surface area contributed by atoms with Crippen molar-refractivity contribution in [1.29, 1.82) is 0 Å². The van der Waals surface area contributed by atoms with Crippen LogP contribution in [0.1, 0.15) is 19.4 Å². The van der Waals surface area contributed by atoms with Crippen LogP contribution in [-0.2, 0) is 19.8 Å². The second kappa shape index (κ2) is 6.43. The van der Waals surface area contributed by atoms with Crippen LogP contribution in [-0.4, -0.2) is 18.3 Å². The molecule has 0 unspecified atom stereocenters. The van der Waals surface area contributed by atoms with Crippen LogP contribution in [0.3, 0.4) is 0 Å². The third-order valence-corrected chi connectivity index (χ3v) is 4.86. The summed E-state index contributed by atoms with van der Waals surface area (Å²) in [5, 5.41) is 10.1. The SMILES string of the molecule is CCOP(=O)(Cc1cc(=O)oc2ccc(O)cc12)OCC.